The van der Waals surface area contributed by atoms with Gasteiger partial charge in [0.1, 0.15) is 0 Å². The molecule has 1 atom stereocenters. The molecule has 0 aromatic heterocycles. The fraction of sp³-hybridized carbons (Fsp3) is 1.00. The lowest BCUT2D eigenvalue weighted by atomic mass is 10.1. The maximum atomic E-state index is 12.0. The maximum Gasteiger partial charge on any atom is 0.335 e. The molecule has 80 valence electrons. The Morgan fingerprint density at radius 2 is 1.77 bits per heavy atom. The number of hydrogen-bond acceptors (Lipinski definition) is 4. The third-order valence-electron chi connectivity index (χ3n) is 2.02. The average Bonchev–Trinajstić information content (AvgIpc) is 2.00. The Kier molecular flexibility index (Phi) is 4.60. The highest BCUT2D eigenvalue weighted by molar-refractivity contribution is 7.55. The van der Waals surface area contributed by atoms with E-state index in [0.717, 1.165) is 0 Å². The van der Waals surface area contributed by atoms with Gasteiger partial charge in [-0.1, -0.05) is 0 Å². The van der Waals surface area contributed by atoms with E-state index < -0.39 is 18.9 Å². The minimum atomic E-state index is -3.10. The number of aliphatic hydroxyl groups is 1. The van der Waals surface area contributed by atoms with Gasteiger partial charge in [-0.25, -0.2) is 0 Å². The van der Waals surface area contributed by atoms with Crippen LogP contribution in [0.1, 0.15) is 27.2 Å². The lowest BCUT2D eigenvalue weighted by Crippen LogP contribution is -2.26. The van der Waals surface area contributed by atoms with E-state index in [4.69, 9.17) is 9.05 Å². The first-order valence-electron chi connectivity index (χ1n) is 4.19. The van der Waals surface area contributed by atoms with Crippen molar-refractivity contribution < 1.29 is 18.7 Å². The van der Waals surface area contributed by atoms with Gasteiger partial charge in [-0.3, -0.25) is 4.57 Å². The zero-order valence-electron chi connectivity index (χ0n) is 8.90. The Morgan fingerprint density at radius 3 is 2.00 bits per heavy atom. The van der Waals surface area contributed by atoms with Crippen molar-refractivity contribution in [3.63, 3.8) is 0 Å². The van der Waals surface area contributed by atoms with Crippen molar-refractivity contribution in [1.29, 1.82) is 0 Å². The monoisotopic (exact) mass is 210 g/mol. The highest BCUT2D eigenvalue weighted by Gasteiger charge is 2.42. The molecular formula is C8H19O4P. The first-order valence-corrected chi connectivity index (χ1v) is 5.73. The molecule has 5 heteroatoms. The van der Waals surface area contributed by atoms with Gasteiger partial charge >= 0.3 is 7.60 Å². The van der Waals surface area contributed by atoms with Crippen LogP contribution in [0.25, 0.3) is 0 Å². The van der Waals surface area contributed by atoms with Gasteiger partial charge in [0.15, 0.2) is 0 Å². The number of aliphatic hydroxyl groups excluding tert-OH is 1. The minimum Gasteiger partial charge on any atom is -0.393 e. The third kappa shape index (κ3) is 3.06. The maximum absolute atomic E-state index is 12.0. The second kappa shape index (κ2) is 4.56. The number of hydrogen-bond donors (Lipinski definition) is 1. The summed E-state index contributed by atoms with van der Waals surface area (Å²) in [5.74, 6) is 0. The summed E-state index contributed by atoms with van der Waals surface area (Å²) in [6, 6.07) is 0. The quantitative estimate of drug-likeness (QED) is 0.705. The van der Waals surface area contributed by atoms with E-state index in [-0.39, 0.29) is 0 Å². The molecule has 4 nitrogen and oxygen atoms in total. The van der Waals surface area contributed by atoms with Gasteiger partial charge in [0.05, 0.1) is 11.3 Å². The highest BCUT2D eigenvalue weighted by atomic mass is 31.2. The van der Waals surface area contributed by atoms with Crippen molar-refractivity contribution in [1.82, 2.24) is 0 Å². The van der Waals surface area contributed by atoms with Gasteiger partial charge in [0, 0.05) is 14.2 Å². The van der Waals surface area contributed by atoms with E-state index in [0.29, 0.717) is 6.42 Å². The molecule has 0 bridgehead atoms. The van der Waals surface area contributed by atoms with Gasteiger partial charge < -0.3 is 14.2 Å². The van der Waals surface area contributed by atoms with Gasteiger partial charge in [0.25, 0.3) is 0 Å². The van der Waals surface area contributed by atoms with Crippen LogP contribution in [-0.4, -0.2) is 30.6 Å². The molecule has 0 amide bonds. The van der Waals surface area contributed by atoms with Gasteiger partial charge in [-0.05, 0) is 27.2 Å². The molecule has 0 aromatic rings. The van der Waals surface area contributed by atoms with Crippen molar-refractivity contribution in [2.75, 3.05) is 14.2 Å². The predicted octanol–water partition coefficient (Wildman–Crippen LogP) is 2.02. The second-order valence-corrected chi connectivity index (χ2v) is 6.66. The summed E-state index contributed by atoms with van der Waals surface area (Å²) in [4.78, 5) is 0. The molecule has 0 saturated heterocycles. The summed E-state index contributed by atoms with van der Waals surface area (Å²) < 4.78 is 21.7. The molecule has 0 aromatic carbocycles. The van der Waals surface area contributed by atoms with Crippen molar-refractivity contribution in [2.45, 2.75) is 38.5 Å². The molecule has 0 fully saturated rings. The predicted molar refractivity (Wildman–Crippen MR) is 52.0 cm³/mol. The molecular weight excluding hydrogens is 191 g/mol. The topological polar surface area (TPSA) is 55.8 Å². The van der Waals surface area contributed by atoms with Crippen LogP contribution >= 0.6 is 7.60 Å². The van der Waals surface area contributed by atoms with Crippen LogP contribution in [0.2, 0.25) is 0 Å². The first kappa shape index (κ1) is 13.1. The van der Waals surface area contributed by atoms with Crippen molar-refractivity contribution >= 4 is 7.60 Å². The highest BCUT2D eigenvalue weighted by Crippen LogP contribution is 2.60. The van der Waals surface area contributed by atoms with Gasteiger partial charge in [-0.15, -0.1) is 0 Å². The van der Waals surface area contributed by atoms with Crippen LogP contribution in [0.4, 0.5) is 0 Å². The van der Waals surface area contributed by atoms with E-state index in [9.17, 15) is 9.67 Å². The van der Waals surface area contributed by atoms with Crippen LogP contribution in [0.3, 0.4) is 0 Å². The molecule has 13 heavy (non-hydrogen) atoms. The van der Waals surface area contributed by atoms with Crippen molar-refractivity contribution in [2.24, 2.45) is 0 Å². The standard InChI is InChI=1S/C8H19O4P/c1-7(9)6-8(2,3)13(10,11-4)12-5/h7,9H,6H2,1-5H3. The van der Waals surface area contributed by atoms with E-state index in [1.807, 2.05) is 0 Å². The lowest BCUT2D eigenvalue weighted by molar-refractivity contribution is 0.158. The fourth-order valence-corrected chi connectivity index (χ4v) is 3.03. The minimum absolute atomic E-state index is 0.381. The second-order valence-electron chi connectivity index (χ2n) is 3.73. The summed E-state index contributed by atoms with van der Waals surface area (Å²) in [6.45, 7) is 5.17. The van der Waals surface area contributed by atoms with Crippen LogP contribution in [0.15, 0.2) is 0 Å². The lowest BCUT2D eigenvalue weighted by Gasteiger charge is -2.31. The van der Waals surface area contributed by atoms with E-state index >= 15 is 0 Å². The molecule has 1 unspecified atom stereocenters. The van der Waals surface area contributed by atoms with Crippen molar-refractivity contribution in [3.8, 4) is 0 Å². The van der Waals surface area contributed by atoms with Gasteiger partial charge in [-0.2, -0.15) is 0 Å². The van der Waals surface area contributed by atoms with Crippen LogP contribution in [0.5, 0.6) is 0 Å². The summed E-state index contributed by atoms with van der Waals surface area (Å²) in [7, 11) is -0.388. The summed E-state index contributed by atoms with van der Waals surface area (Å²) in [5, 5.41) is 8.55. The zero-order chi connectivity index (χ0) is 10.7. The molecule has 0 aliphatic heterocycles. The SMILES string of the molecule is COP(=O)(OC)C(C)(C)CC(C)O. The Balaban J connectivity index is 4.68. The smallest absolute Gasteiger partial charge is 0.335 e. The molecule has 0 radical (unpaired) electrons. The normalized spacial score (nSPS) is 15.8. The van der Waals surface area contributed by atoms with E-state index in [1.165, 1.54) is 14.2 Å². The first-order chi connectivity index (χ1) is 5.79. The van der Waals surface area contributed by atoms with Crippen LogP contribution < -0.4 is 0 Å². The molecule has 0 aliphatic rings. The molecule has 0 aliphatic carbocycles. The number of rotatable bonds is 5. The zero-order valence-corrected chi connectivity index (χ0v) is 9.80. The van der Waals surface area contributed by atoms with E-state index in [1.54, 1.807) is 20.8 Å². The Bertz CT molecular complexity index is 192. The summed E-state index contributed by atoms with van der Waals surface area (Å²) in [6.07, 6.45) is -0.139. The van der Waals surface area contributed by atoms with E-state index in [2.05, 4.69) is 0 Å². The average molecular weight is 210 g/mol. The van der Waals surface area contributed by atoms with Crippen LogP contribution in [-0.2, 0) is 13.6 Å². The van der Waals surface area contributed by atoms with Gasteiger partial charge in [0.2, 0.25) is 0 Å². The summed E-state index contributed by atoms with van der Waals surface area (Å²) >= 11 is 0. The molecule has 0 saturated carbocycles. The molecule has 1 N–H and O–H groups in total. The molecule has 0 heterocycles. The molecule has 0 spiro atoms. The Labute approximate surface area is 79.8 Å². The Hall–Kier alpha value is 0.110. The fourth-order valence-electron chi connectivity index (χ4n) is 1.40. The summed E-state index contributed by atoms with van der Waals surface area (Å²) in [5.41, 5.74) is 0. The molecule has 0 rings (SSSR count). The third-order valence-corrected chi connectivity index (χ3v) is 4.64. The van der Waals surface area contributed by atoms with Crippen LogP contribution in [0, 0.1) is 0 Å². The van der Waals surface area contributed by atoms with Crippen molar-refractivity contribution in [3.05, 3.63) is 0 Å². The largest absolute Gasteiger partial charge is 0.393 e. The Morgan fingerprint density at radius 1 is 1.38 bits per heavy atom.